The zero-order valence-electron chi connectivity index (χ0n) is 19.1. The maximum absolute atomic E-state index is 12.5. The van der Waals surface area contributed by atoms with Crippen molar-refractivity contribution in [3.63, 3.8) is 0 Å². The quantitative estimate of drug-likeness (QED) is 0.727. The standard InChI is InChI=1S/C23H34N4O4/c1-16-15-27(22(28)31-23(2,3)4)9-7-19(16)30-21-17-6-5-8-24-18(17)14-20(25-21)26-10-12-29-13-11-26/h6,14,16,19H,5,7-13,15H2,1-4H3. The van der Waals surface area contributed by atoms with E-state index in [9.17, 15) is 4.79 Å². The van der Waals surface area contributed by atoms with Gasteiger partial charge in [-0.2, -0.15) is 4.98 Å². The molecule has 0 N–H and O–H groups in total. The van der Waals surface area contributed by atoms with E-state index in [1.165, 1.54) is 0 Å². The summed E-state index contributed by atoms with van der Waals surface area (Å²) < 4.78 is 17.5. The summed E-state index contributed by atoms with van der Waals surface area (Å²) in [5, 5.41) is 1.95. The van der Waals surface area contributed by atoms with Gasteiger partial charge in [-0.05, 0) is 27.2 Å². The van der Waals surface area contributed by atoms with Crippen molar-refractivity contribution < 1.29 is 19.0 Å². The van der Waals surface area contributed by atoms with Gasteiger partial charge in [-0.25, -0.2) is 4.79 Å². The molecule has 4 rings (SSSR count). The minimum absolute atomic E-state index is 0.00875. The summed E-state index contributed by atoms with van der Waals surface area (Å²) in [6.07, 6.45) is 3.55. The number of ether oxygens (including phenoxy) is 3. The Morgan fingerprint density at radius 1 is 1.23 bits per heavy atom. The van der Waals surface area contributed by atoms with Crippen molar-refractivity contribution >= 4 is 18.0 Å². The topological polar surface area (TPSA) is 76.5 Å². The highest BCUT2D eigenvalue weighted by molar-refractivity contribution is 5.68. The van der Waals surface area contributed by atoms with Gasteiger partial charge in [0.15, 0.2) is 0 Å². The Hall–Kier alpha value is -2.35. The molecule has 1 amide bonds. The Balaban J connectivity index is 1.51. The molecular formula is C23H34N4O4. The van der Waals surface area contributed by atoms with Crippen LogP contribution in [0.5, 0.6) is 5.88 Å². The van der Waals surface area contributed by atoms with Crippen molar-refractivity contribution in [2.24, 2.45) is 10.9 Å². The number of piperidine rings is 1. The lowest BCUT2D eigenvalue weighted by atomic mass is 9.97. The molecule has 170 valence electrons. The van der Waals surface area contributed by atoms with Crippen LogP contribution >= 0.6 is 0 Å². The number of aromatic nitrogens is 1. The van der Waals surface area contributed by atoms with E-state index in [0.29, 0.717) is 32.2 Å². The van der Waals surface area contributed by atoms with Gasteiger partial charge in [-0.3, -0.25) is 4.99 Å². The summed E-state index contributed by atoms with van der Waals surface area (Å²) in [4.78, 5) is 26.1. The number of nitrogens with zero attached hydrogens (tertiary/aromatic N) is 4. The van der Waals surface area contributed by atoms with E-state index < -0.39 is 5.60 Å². The summed E-state index contributed by atoms with van der Waals surface area (Å²) in [6.45, 7) is 12.9. The van der Waals surface area contributed by atoms with Gasteiger partial charge in [0.1, 0.15) is 17.5 Å². The first-order chi connectivity index (χ1) is 14.8. The number of rotatable bonds is 3. The predicted octanol–water partition coefficient (Wildman–Crippen LogP) is 1.75. The smallest absolute Gasteiger partial charge is 0.410 e. The molecule has 0 spiro atoms. The lowest BCUT2D eigenvalue weighted by molar-refractivity contribution is -0.000526. The number of carbonyl (C=O) groups is 1. The van der Waals surface area contributed by atoms with Crippen molar-refractivity contribution in [1.29, 1.82) is 0 Å². The molecule has 1 aromatic rings. The molecule has 0 saturated carbocycles. The fourth-order valence-corrected chi connectivity index (χ4v) is 4.20. The first kappa shape index (κ1) is 21.9. The van der Waals surface area contributed by atoms with Gasteiger partial charge in [0.05, 0.1) is 23.8 Å². The SMILES string of the molecule is CC1CN(C(=O)OC(C)(C)C)CCC1Oc1nc(N2CCOCC2)cc2c1=CCCN=2. The van der Waals surface area contributed by atoms with E-state index in [1.807, 2.05) is 20.8 Å². The van der Waals surface area contributed by atoms with E-state index in [1.54, 1.807) is 4.90 Å². The Labute approximate surface area is 183 Å². The Morgan fingerprint density at radius 3 is 2.71 bits per heavy atom. The van der Waals surface area contributed by atoms with Gasteiger partial charge in [0.2, 0.25) is 5.88 Å². The molecule has 0 aliphatic carbocycles. The van der Waals surface area contributed by atoms with E-state index in [4.69, 9.17) is 24.2 Å². The Kier molecular flexibility index (Phi) is 6.36. The summed E-state index contributed by atoms with van der Waals surface area (Å²) >= 11 is 0. The molecule has 2 fully saturated rings. The van der Waals surface area contributed by atoms with Gasteiger partial charge in [-0.15, -0.1) is 0 Å². The Morgan fingerprint density at radius 2 is 2.00 bits per heavy atom. The molecule has 3 aliphatic rings. The van der Waals surface area contributed by atoms with Gasteiger partial charge in [0, 0.05) is 51.1 Å². The number of fused-ring (bicyclic) bond motifs is 1. The predicted molar refractivity (Wildman–Crippen MR) is 118 cm³/mol. The maximum Gasteiger partial charge on any atom is 0.410 e. The number of hydrogen-bond donors (Lipinski definition) is 0. The van der Waals surface area contributed by atoms with Gasteiger partial charge in [-0.1, -0.05) is 13.0 Å². The van der Waals surface area contributed by atoms with Crippen molar-refractivity contribution in [3.05, 3.63) is 16.6 Å². The third kappa shape index (κ3) is 5.29. The normalized spacial score (nSPS) is 24.0. The number of likely N-dealkylation sites (tertiary alicyclic amines) is 1. The van der Waals surface area contributed by atoms with Crippen molar-refractivity contribution in [1.82, 2.24) is 9.88 Å². The molecule has 0 radical (unpaired) electrons. The van der Waals surface area contributed by atoms with Crippen molar-refractivity contribution in [2.75, 3.05) is 50.8 Å². The van der Waals surface area contributed by atoms with Crippen LogP contribution in [0.4, 0.5) is 10.6 Å². The van der Waals surface area contributed by atoms with Crippen LogP contribution in [0.2, 0.25) is 0 Å². The third-order valence-electron chi connectivity index (χ3n) is 5.82. The van der Waals surface area contributed by atoms with Gasteiger partial charge in [0.25, 0.3) is 0 Å². The number of hydrogen-bond acceptors (Lipinski definition) is 7. The highest BCUT2D eigenvalue weighted by atomic mass is 16.6. The lowest BCUT2D eigenvalue weighted by Crippen LogP contribution is -2.49. The van der Waals surface area contributed by atoms with Crippen LogP contribution in [0, 0.1) is 5.92 Å². The second-order valence-corrected chi connectivity index (χ2v) is 9.54. The second kappa shape index (κ2) is 9.02. The van der Waals surface area contributed by atoms with Crippen LogP contribution < -0.4 is 20.2 Å². The van der Waals surface area contributed by atoms with Crippen LogP contribution in [-0.4, -0.2) is 73.6 Å². The van der Waals surface area contributed by atoms with Crippen molar-refractivity contribution in [2.45, 2.75) is 52.2 Å². The molecule has 31 heavy (non-hydrogen) atoms. The zero-order chi connectivity index (χ0) is 22.0. The van der Waals surface area contributed by atoms with Crippen LogP contribution in [0.25, 0.3) is 6.08 Å². The van der Waals surface area contributed by atoms with Crippen LogP contribution in [0.3, 0.4) is 0 Å². The molecular weight excluding hydrogens is 396 g/mol. The molecule has 8 nitrogen and oxygen atoms in total. The monoisotopic (exact) mass is 430 g/mol. The van der Waals surface area contributed by atoms with E-state index in [2.05, 4.69) is 24.0 Å². The van der Waals surface area contributed by atoms with Crippen molar-refractivity contribution in [3.8, 4) is 5.88 Å². The van der Waals surface area contributed by atoms with Gasteiger partial charge < -0.3 is 24.0 Å². The van der Waals surface area contributed by atoms with Gasteiger partial charge >= 0.3 is 6.09 Å². The van der Waals surface area contributed by atoms with Crippen LogP contribution in [0.1, 0.15) is 40.5 Å². The lowest BCUT2D eigenvalue weighted by Gasteiger charge is -2.37. The first-order valence-electron chi connectivity index (χ1n) is 11.3. The maximum atomic E-state index is 12.5. The first-order valence-corrected chi connectivity index (χ1v) is 11.3. The van der Waals surface area contributed by atoms with E-state index in [0.717, 1.165) is 48.9 Å². The minimum Gasteiger partial charge on any atom is -0.473 e. The number of amides is 1. The molecule has 2 saturated heterocycles. The largest absolute Gasteiger partial charge is 0.473 e. The summed E-state index contributed by atoms with van der Waals surface area (Å²) in [7, 11) is 0. The van der Waals surface area contributed by atoms with E-state index in [-0.39, 0.29) is 18.1 Å². The molecule has 0 bridgehead atoms. The highest BCUT2D eigenvalue weighted by Crippen LogP contribution is 2.23. The number of carbonyl (C=O) groups excluding carboxylic acids is 1. The average molecular weight is 431 g/mol. The Bertz CT molecular complexity index is 921. The number of morpholine rings is 1. The molecule has 4 heterocycles. The summed E-state index contributed by atoms with van der Waals surface area (Å²) in [6, 6.07) is 2.07. The fourth-order valence-electron chi connectivity index (χ4n) is 4.20. The molecule has 1 aromatic heterocycles. The second-order valence-electron chi connectivity index (χ2n) is 9.54. The zero-order valence-corrected chi connectivity index (χ0v) is 19.1. The average Bonchev–Trinajstić information content (AvgIpc) is 2.74. The molecule has 2 atom stereocenters. The molecule has 3 aliphatic heterocycles. The fraction of sp³-hybridized carbons (Fsp3) is 0.696. The summed E-state index contributed by atoms with van der Waals surface area (Å²) in [5.74, 6) is 1.73. The number of pyridine rings is 1. The molecule has 2 unspecified atom stereocenters. The third-order valence-corrected chi connectivity index (χ3v) is 5.82. The molecule has 0 aromatic carbocycles. The van der Waals surface area contributed by atoms with Crippen LogP contribution in [-0.2, 0) is 9.47 Å². The van der Waals surface area contributed by atoms with Crippen LogP contribution in [0.15, 0.2) is 11.1 Å². The minimum atomic E-state index is -0.490. The summed E-state index contributed by atoms with van der Waals surface area (Å²) in [5.41, 5.74) is -0.490. The highest BCUT2D eigenvalue weighted by Gasteiger charge is 2.33. The number of anilines is 1. The molecule has 8 heteroatoms. The van der Waals surface area contributed by atoms with E-state index >= 15 is 0 Å².